The Kier molecular flexibility index (Phi) is 4.09. The molecule has 2 nitrogen and oxygen atoms in total. The third-order valence-electron chi connectivity index (χ3n) is 2.39. The highest BCUT2D eigenvalue weighted by atomic mass is 19.1. The molecule has 0 amide bonds. The molecule has 15 heavy (non-hydrogen) atoms. The molecule has 1 atom stereocenters. The summed E-state index contributed by atoms with van der Waals surface area (Å²) in [6.45, 7) is 1.97. The second-order valence-corrected chi connectivity index (χ2v) is 4.18. The molecule has 0 unspecified atom stereocenters. The minimum Gasteiger partial charge on any atom is -0.377 e. The second kappa shape index (κ2) is 5.12. The standard InChI is InChI=1S/C12H19FN2/c1-9(14)4-5-10-8-11(13)6-7-12(10)15(2)3/h6-9H,4-5,14H2,1-3H3/t9-/m1/s1. The van der Waals surface area contributed by atoms with Crippen LogP contribution < -0.4 is 10.6 Å². The van der Waals surface area contributed by atoms with Crippen molar-refractivity contribution in [1.29, 1.82) is 0 Å². The number of halogens is 1. The lowest BCUT2D eigenvalue weighted by Crippen LogP contribution is -2.17. The maximum absolute atomic E-state index is 13.1. The summed E-state index contributed by atoms with van der Waals surface area (Å²) in [6.07, 6.45) is 1.70. The predicted octanol–water partition coefficient (Wildman–Crippen LogP) is 2.17. The van der Waals surface area contributed by atoms with Crippen molar-refractivity contribution >= 4 is 5.69 Å². The van der Waals surface area contributed by atoms with Crippen molar-refractivity contribution in [3.8, 4) is 0 Å². The molecule has 0 fully saturated rings. The Morgan fingerprint density at radius 1 is 1.40 bits per heavy atom. The lowest BCUT2D eigenvalue weighted by Gasteiger charge is -2.18. The van der Waals surface area contributed by atoms with Gasteiger partial charge in [-0.05, 0) is 43.5 Å². The zero-order valence-corrected chi connectivity index (χ0v) is 9.63. The maximum atomic E-state index is 13.1. The van der Waals surface area contributed by atoms with E-state index in [1.165, 1.54) is 6.07 Å². The van der Waals surface area contributed by atoms with Crippen molar-refractivity contribution in [3.63, 3.8) is 0 Å². The normalized spacial score (nSPS) is 12.6. The number of benzene rings is 1. The fourth-order valence-electron chi connectivity index (χ4n) is 1.57. The summed E-state index contributed by atoms with van der Waals surface area (Å²) in [4.78, 5) is 2.00. The molecule has 84 valence electrons. The molecule has 0 bridgehead atoms. The van der Waals surface area contributed by atoms with Crippen LogP contribution in [0.2, 0.25) is 0 Å². The van der Waals surface area contributed by atoms with Crippen LogP contribution in [-0.4, -0.2) is 20.1 Å². The molecule has 1 aromatic rings. The minimum absolute atomic E-state index is 0.156. The smallest absolute Gasteiger partial charge is 0.123 e. The Morgan fingerprint density at radius 3 is 2.60 bits per heavy atom. The number of nitrogens with two attached hydrogens (primary N) is 1. The predicted molar refractivity (Wildman–Crippen MR) is 62.7 cm³/mol. The first kappa shape index (κ1) is 12.0. The quantitative estimate of drug-likeness (QED) is 0.825. The summed E-state index contributed by atoms with van der Waals surface area (Å²) in [7, 11) is 3.92. The molecule has 0 saturated carbocycles. The molecule has 0 aliphatic carbocycles. The number of anilines is 1. The van der Waals surface area contributed by atoms with Crippen LogP contribution >= 0.6 is 0 Å². The number of nitrogens with zero attached hydrogens (tertiary/aromatic N) is 1. The fraction of sp³-hybridized carbons (Fsp3) is 0.500. The number of hydrogen-bond acceptors (Lipinski definition) is 2. The van der Waals surface area contributed by atoms with Crippen LogP contribution in [0.25, 0.3) is 0 Å². The lowest BCUT2D eigenvalue weighted by molar-refractivity contribution is 0.619. The Hall–Kier alpha value is -1.09. The number of rotatable bonds is 4. The van der Waals surface area contributed by atoms with Crippen LogP contribution in [0.4, 0.5) is 10.1 Å². The molecular weight excluding hydrogens is 191 g/mol. The van der Waals surface area contributed by atoms with Gasteiger partial charge in [0.05, 0.1) is 0 Å². The second-order valence-electron chi connectivity index (χ2n) is 4.18. The van der Waals surface area contributed by atoms with E-state index >= 15 is 0 Å². The highest BCUT2D eigenvalue weighted by Crippen LogP contribution is 2.21. The van der Waals surface area contributed by atoms with Crippen LogP contribution in [0.3, 0.4) is 0 Å². The van der Waals surface area contributed by atoms with Gasteiger partial charge in [0.1, 0.15) is 5.82 Å². The first-order valence-electron chi connectivity index (χ1n) is 5.22. The van der Waals surface area contributed by atoms with Gasteiger partial charge in [0.2, 0.25) is 0 Å². The van der Waals surface area contributed by atoms with Gasteiger partial charge in [0.25, 0.3) is 0 Å². The average molecular weight is 210 g/mol. The molecule has 0 radical (unpaired) electrons. The van der Waals surface area contributed by atoms with E-state index in [0.717, 1.165) is 24.1 Å². The molecular formula is C12H19FN2. The van der Waals surface area contributed by atoms with E-state index in [2.05, 4.69) is 0 Å². The Morgan fingerprint density at radius 2 is 2.07 bits per heavy atom. The maximum Gasteiger partial charge on any atom is 0.123 e. The third-order valence-corrected chi connectivity index (χ3v) is 2.39. The van der Waals surface area contributed by atoms with Gasteiger partial charge in [-0.1, -0.05) is 0 Å². The van der Waals surface area contributed by atoms with Crippen molar-refractivity contribution < 1.29 is 4.39 Å². The van der Waals surface area contributed by atoms with Crippen LogP contribution in [0.5, 0.6) is 0 Å². The molecule has 0 spiro atoms. The van der Waals surface area contributed by atoms with Gasteiger partial charge in [0.15, 0.2) is 0 Å². The fourth-order valence-corrected chi connectivity index (χ4v) is 1.57. The summed E-state index contributed by atoms with van der Waals surface area (Å²) in [5, 5.41) is 0. The van der Waals surface area contributed by atoms with Gasteiger partial charge in [-0.15, -0.1) is 0 Å². The first-order valence-corrected chi connectivity index (χ1v) is 5.22. The SMILES string of the molecule is C[C@@H](N)CCc1cc(F)ccc1N(C)C. The average Bonchev–Trinajstić information content (AvgIpc) is 2.14. The Labute approximate surface area is 90.9 Å². The summed E-state index contributed by atoms with van der Waals surface area (Å²) in [5.41, 5.74) is 7.79. The molecule has 0 heterocycles. The Balaban J connectivity index is 2.87. The topological polar surface area (TPSA) is 29.3 Å². The highest BCUT2D eigenvalue weighted by Gasteiger charge is 2.06. The Bertz CT molecular complexity index is 321. The molecule has 0 aromatic heterocycles. The van der Waals surface area contributed by atoms with Crippen LogP contribution in [0.1, 0.15) is 18.9 Å². The van der Waals surface area contributed by atoms with Gasteiger partial charge in [-0.2, -0.15) is 0 Å². The molecule has 3 heteroatoms. The van der Waals surface area contributed by atoms with Crippen molar-refractivity contribution in [1.82, 2.24) is 0 Å². The van der Waals surface area contributed by atoms with E-state index in [1.807, 2.05) is 32.0 Å². The van der Waals surface area contributed by atoms with Crippen LogP contribution in [-0.2, 0) is 6.42 Å². The first-order chi connectivity index (χ1) is 7.00. The van der Waals surface area contributed by atoms with E-state index in [9.17, 15) is 4.39 Å². The molecule has 2 N–H and O–H groups in total. The zero-order chi connectivity index (χ0) is 11.4. The molecule has 1 rings (SSSR count). The minimum atomic E-state index is -0.180. The largest absolute Gasteiger partial charge is 0.377 e. The van der Waals surface area contributed by atoms with E-state index in [4.69, 9.17) is 5.73 Å². The van der Waals surface area contributed by atoms with Crippen molar-refractivity contribution in [2.75, 3.05) is 19.0 Å². The summed E-state index contributed by atoms with van der Waals surface area (Å²) in [5.74, 6) is -0.180. The molecule has 1 aromatic carbocycles. The van der Waals surface area contributed by atoms with E-state index < -0.39 is 0 Å². The zero-order valence-electron chi connectivity index (χ0n) is 9.63. The highest BCUT2D eigenvalue weighted by molar-refractivity contribution is 5.52. The van der Waals surface area contributed by atoms with E-state index in [-0.39, 0.29) is 11.9 Å². The molecule has 0 aliphatic rings. The van der Waals surface area contributed by atoms with Crippen molar-refractivity contribution in [2.24, 2.45) is 5.73 Å². The number of aryl methyl sites for hydroxylation is 1. The molecule has 0 aliphatic heterocycles. The summed E-state index contributed by atoms with van der Waals surface area (Å²) < 4.78 is 13.1. The van der Waals surface area contributed by atoms with Crippen LogP contribution in [0.15, 0.2) is 18.2 Å². The van der Waals surface area contributed by atoms with Gasteiger partial charge in [-0.25, -0.2) is 4.39 Å². The van der Waals surface area contributed by atoms with Crippen molar-refractivity contribution in [3.05, 3.63) is 29.6 Å². The van der Waals surface area contributed by atoms with E-state index in [1.54, 1.807) is 6.07 Å². The number of hydrogen-bond donors (Lipinski definition) is 1. The van der Waals surface area contributed by atoms with Gasteiger partial charge in [-0.3, -0.25) is 0 Å². The lowest BCUT2D eigenvalue weighted by atomic mass is 10.0. The van der Waals surface area contributed by atoms with Crippen LogP contribution in [0, 0.1) is 5.82 Å². The van der Waals surface area contributed by atoms with E-state index in [0.29, 0.717) is 0 Å². The van der Waals surface area contributed by atoms with Gasteiger partial charge >= 0.3 is 0 Å². The molecule has 0 saturated heterocycles. The van der Waals surface area contributed by atoms with Crippen molar-refractivity contribution in [2.45, 2.75) is 25.8 Å². The summed E-state index contributed by atoms with van der Waals surface area (Å²) >= 11 is 0. The monoisotopic (exact) mass is 210 g/mol. The van der Waals surface area contributed by atoms with Gasteiger partial charge < -0.3 is 10.6 Å². The third kappa shape index (κ3) is 3.51. The summed E-state index contributed by atoms with van der Waals surface area (Å²) in [6, 6.07) is 5.05. The van der Waals surface area contributed by atoms with Gasteiger partial charge in [0, 0.05) is 25.8 Å².